The summed E-state index contributed by atoms with van der Waals surface area (Å²) in [5, 5.41) is 8.65. The molecule has 2 aliphatic rings. The quantitative estimate of drug-likeness (QED) is 0.717. The molecule has 7 nitrogen and oxygen atoms in total. The number of likely N-dealkylation sites (tertiary alicyclic amines) is 1. The van der Waals surface area contributed by atoms with Crippen molar-refractivity contribution in [2.24, 2.45) is 11.8 Å². The smallest absolute Gasteiger partial charge is 0.160 e. The average Bonchev–Trinajstić information content (AvgIpc) is 3.31. The molecule has 2 aliphatic heterocycles. The maximum Gasteiger partial charge on any atom is 0.160 e. The van der Waals surface area contributed by atoms with E-state index in [0.717, 1.165) is 55.7 Å². The topological polar surface area (TPSA) is 62.5 Å². The van der Waals surface area contributed by atoms with Crippen LogP contribution in [0.5, 0.6) is 0 Å². The Morgan fingerprint density at radius 3 is 2.62 bits per heavy atom. The number of aryl methyl sites for hydroxylation is 1. The molecule has 26 heavy (non-hydrogen) atoms. The number of hydrogen-bond donors (Lipinski definition) is 0. The van der Waals surface area contributed by atoms with Crippen molar-refractivity contribution in [3.8, 4) is 0 Å². The lowest BCUT2D eigenvalue weighted by molar-refractivity contribution is 0.299. The summed E-state index contributed by atoms with van der Waals surface area (Å²) in [5.74, 6) is 3.54. The zero-order valence-electron chi connectivity index (χ0n) is 15.2. The summed E-state index contributed by atoms with van der Waals surface area (Å²) in [6, 6.07) is 6.03. The number of aromatic nitrogens is 5. The summed E-state index contributed by atoms with van der Waals surface area (Å²) in [6.07, 6.45) is 3.73. The van der Waals surface area contributed by atoms with E-state index in [2.05, 4.69) is 48.2 Å². The van der Waals surface area contributed by atoms with Crippen LogP contribution in [0.1, 0.15) is 17.1 Å². The Labute approximate surface area is 152 Å². The van der Waals surface area contributed by atoms with Gasteiger partial charge in [0.1, 0.15) is 12.1 Å². The van der Waals surface area contributed by atoms with Crippen molar-refractivity contribution in [2.75, 3.05) is 31.1 Å². The van der Waals surface area contributed by atoms with E-state index in [1.165, 1.54) is 5.56 Å². The van der Waals surface area contributed by atoms with Crippen LogP contribution in [-0.2, 0) is 6.54 Å². The van der Waals surface area contributed by atoms with Crippen LogP contribution in [0.25, 0.3) is 5.65 Å². The van der Waals surface area contributed by atoms with Gasteiger partial charge in [-0.2, -0.15) is 0 Å². The molecular formula is C19H23N7. The van der Waals surface area contributed by atoms with E-state index in [0.29, 0.717) is 11.8 Å². The Balaban J connectivity index is 1.28. The Morgan fingerprint density at radius 1 is 1.00 bits per heavy atom. The molecule has 0 aliphatic carbocycles. The van der Waals surface area contributed by atoms with E-state index in [1.54, 1.807) is 6.33 Å². The van der Waals surface area contributed by atoms with Gasteiger partial charge >= 0.3 is 0 Å². The molecule has 0 saturated carbocycles. The zero-order chi connectivity index (χ0) is 17.7. The van der Waals surface area contributed by atoms with E-state index in [1.807, 2.05) is 24.4 Å². The number of rotatable bonds is 3. The molecule has 7 heteroatoms. The first kappa shape index (κ1) is 15.7. The van der Waals surface area contributed by atoms with Crippen LogP contribution in [0.3, 0.4) is 0 Å². The molecule has 0 bridgehead atoms. The minimum Gasteiger partial charge on any atom is -0.356 e. The van der Waals surface area contributed by atoms with Crippen LogP contribution >= 0.6 is 0 Å². The van der Waals surface area contributed by atoms with Crippen LogP contribution in [-0.4, -0.2) is 55.6 Å². The summed E-state index contributed by atoms with van der Waals surface area (Å²) in [5.41, 5.74) is 3.20. The third-order valence-corrected chi connectivity index (χ3v) is 5.92. The van der Waals surface area contributed by atoms with Crippen LogP contribution < -0.4 is 4.90 Å². The molecule has 3 aromatic heterocycles. The maximum atomic E-state index is 4.54. The fraction of sp³-hybridized carbons (Fsp3) is 0.474. The van der Waals surface area contributed by atoms with Crippen molar-refractivity contribution in [2.45, 2.75) is 20.4 Å². The predicted molar refractivity (Wildman–Crippen MR) is 99.0 cm³/mol. The highest BCUT2D eigenvalue weighted by Gasteiger charge is 2.41. The minimum absolute atomic E-state index is 0.698. The van der Waals surface area contributed by atoms with Crippen LogP contribution in [0, 0.1) is 25.7 Å². The SMILES string of the molecule is Cc1ncnc(N2CC3CN(Cc4nnc5ccccn45)CC3C2)c1C. The van der Waals surface area contributed by atoms with Crippen molar-refractivity contribution in [1.82, 2.24) is 29.5 Å². The number of nitrogens with zero attached hydrogens (tertiary/aromatic N) is 7. The van der Waals surface area contributed by atoms with Crippen molar-refractivity contribution < 1.29 is 0 Å². The van der Waals surface area contributed by atoms with E-state index in [-0.39, 0.29) is 0 Å². The lowest BCUT2D eigenvalue weighted by Crippen LogP contribution is -2.30. The van der Waals surface area contributed by atoms with Crippen LogP contribution in [0.2, 0.25) is 0 Å². The van der Waals surface area contributed by atoms with Gasteiger partial charge in [0, 0.05) is 43.6 Å². The van der Waals surface area contributed by atoms with Gasteiger partial charge in [0.25, 0.3) is 0 Å². The normalized spacial score (nSPS) is 23.1. The second-order valence-corrected chi connectivity index (χ2v) is 7.57. The average molecular weight is 349 g/mol. The molecule has 2 atom stereocenters. The summed E-state index contributed by atoms with van der Waals surface area (Å²) in [7, 11) is 0. The second-order valence-electron chi connectivity index (χ2n) is 7.57. The van der Waals surface area contributed by atoms with Crippen molar-refractivity contribution in [1.29, 1.82) is 0 Å². The number of fused-ring (bicyclic) bond motifs is 2. The molecule has 5 rings (SSSR count). The summed E-state index contributed by atoms with van der Waals surface area (Å²) in [4.78, 5) is 13.8. The monoisotopic (exact) mass is 349 g/mol. The molecule has 0 spiro atoms. The van der Waals surface area contributed by atoms with Crippen molar-refractivity contribution >= 4 is 11.5 Å². The van der Waals surface area contributed by atoms with Crippen LogP contribution in [0.4, 0.5) is 5.82 Å². The number of hydrogen-bond acceptors (Lipinski definition) is 6. The highest BCUT2D eigenvalue weighted by molar-refractivity contribution is 5.48. The first-order valence-electron chi connectivity index (χ1n) is 9.23. The summed E-state index contributed by atoms with van der Waals surface area (Å²) >= 11 is 0. The maximum absolute atomic E-state index is 4.54. The van der Waals surface area contributed by atoms with E-state index < -0.39 is 0 Å². The van der Waals surface area contributed by atoms with Gasteiger partial charge in [-0.3, -0.25) is 9.30 Å². The molecule has 0 radical (unpaired) electrons. The van der Waals surface area contributed by atoms with Crippen molar-refractivity contribution in [3.05, 3.63) is 47.8 Å². The van der Waals surface area contributed by atoms with Gasteiger partial charge in [0.2, 0.25) is 0 Å². The summed E-state index contributed by atoms with van der Waals surface area (Å²) < 4.78 is 2.09. The van der Waals surface area contributed by atoms with Gasteiger partial charge in [-0.25, -0.2) is 9.97 Å². The molecule has 134 valence electrons. The number of anilines is 1. The largest absolute Gasteiger partial charge is 0.356 e. The highest BCUT2D eigenvalue weighted by Crippen LogP contribution is 2.35. The van der Waals surface area contributed by atoms with Gasteiger partial charge in [-0.15, -0.1) is 10.2 Å². The first-order chi connectivity index (χ1) is 12.7. The Hall–Kier alpha value is -2.54. The van der Waals surface area contributed by atoms with Gasteiger partial charge in [0.15, 0.2) is 11.5 Å². The Morgan fingerprint density at radius 2 is 1.81 bits per heavy atom. The van der Waals surface area contributed by atoms with E-state index >= 15 is 0 Å². The first-order valence-corrected chi connectivity index (χ1v) is 9.23. The van der Waals surface area contributed by atoms with Gasteiger partial charge < -0.3 is 4.90 Å². The van der Waals surface area contributed by atoms with Crippen LogP contribution in [0.15, 0.2) is 30.7 Å². The van der Waals surface area contributed by atoms with E-state index in [4.69, 9.17) is 0 Å². The molecule has 0 amide bonds. The summed E-state index contributed by atoms with van der Waals surface area (Å²) in [6.45, 7) is 9.45. The predicted octanol–water partition coefficient (Wildman–Crippen LogP) is 1.70. The Bertz CT molecular complexity index is 936. The molecule has 3 aromatic rings. The molecular weight excluding hydrogens is 326 g/mol. The third-order valence-electron chi connectivity index (χ3n) is 5.92. The lowest BCUT2D eigenvalue weighted by Gasteiger charge is -2.23. The Kier molecular flexibility index (Phi) is 3.63. The molecule has 0 N–H and O–H groups in total. The molecule has 5 heterocycles. The molecule has 2 unspecified atom stereocenters. The fourth-order valence-electron chi connectivity index (χ4n) is 4.44. The molecule has 2 fully saturated rings. The fourth-order valence-corrected chi connectivity index (χ4v) is 4.44. The van der Waals surface area contributed by atoms with E-state index in [9.17, 15) is 0 Å². The van der Waals surface area contributed by atoms with Gasteiger partial charge in [-0.05, 0) is 37.8 Å². The zero-order valence-corrected chi connectivity index (χ0v) is 15.2. The molecule has 2 saturated heterocycles. The highest BCUT2D eigenvalue weighted by atomic mass is 15.3. The lowest BCUT2D eigenvalue weighted by atomic mass is 10.0. The minimum atomic E-state index is 0.698. The molecule has 0 aromatic carbocycles. The number of pyridine rings is 1. The van der Waals surface area contributed by atoms with Gasteiger partial charge in [-0.1, -0.05) is 6.07 Å². The second kappa shape index (κ2) is 6.02. The van der Waals surface area contributed by atoms with Gasteiger partial charge in [0.05, 0.1) is 6.54 Å². The standard InChI is InChI=1S/C19H23N7/c1-13-14(2)20-12-21-19(13)25-9-15-7-24(8-16(15)10-25)11-18-23-22-17-5-3-4-6-26(17)18/h3-6,12,15-16H,7-11H2,1-2H3. The third kappa shape index (κ3) is 2.54. The van der Waals surface area contributed by atoms with Crippen molar-refractivity contribution in [3.63, 3.8) is 0 Å².